The third-order valence-corrected chi connectivity index (χ3v) is 2.94. The molecule has 0 saturated heterocycles. The Balaban J connectivity index is 2.37. The number of carbonyl (C=O) groups is 1. The molecule has 13 heavy (non-hydrogen) atoms. The molecular formula is C11H17NO. The summed E-state index contributed by atoms with van der Waals surface area (Å²) in [7, 11) is 0. The largest absolute Gasteiger partial charge is 0.299 e. The topological polar surface area (TPSA) is 40.9 Å². The van der Waals surface area contributed by atoms with Gasteiger partial charge < -0.3 is 0 Å². The monoisotopic (exact) mass is 179 g/mol. The molecule has 0 aromatic heterocycles. The van der Waals surface area contributed by atoms with Crippen molar-refractivity contribution < 1.29 is 4.79 Å². The van der Waals surface area contributed by atoms with E-state index in [9.17, 15) is 4.79 Å². The van der Waals surface area contributed by atoms with Crippen LogP contribution in [-0.4, -0.2) is 5.78 Å². The van der Waals surface area contributed by atoms with Crippen molar-refractivity contribution in [1.82, 2.24) is 0 Å². The van der Waals surface area contributed by atoms with E-state index in [0.29, 0.717) is 5.92 Å². The lowest BCUT2D eigenvalue weighted by atomic mass is 9.82. The summed E-state index contributed by atoms with van der Waals surface area (Å²) >= 11 is 0. The Kier molecular flexibility index (Phi) is 3.95. The maximum absolute atomic E-state index is 11.0. The molecule has 1 aliphatic rings. The fourth-order valence-corrected chi connectivity index (χ4v) is 2.07. The summed E-state index contributed by atoms with van der Waals surface area (Å²) in [6.07, 6.45) is 7.11. The van der Waals surface area contributed by atoms with Gasteiger partial charge in [-0.3, -0.25) is 4.79 Å². The van der Waals surface area contributed by atoms with Crippen LogP contribution in [0.1, 0.15) is 45.4 Å². The molecule has 0 N–H and O–H groups in total. The van der Waals surface area contributed by atoms with E-state index in [-0.39, 0.29) is 11.7 Å². The second-order valence-electron chi connectivity index (χ2n) is 4.03. The van der Waals surface area contributed by atoms with Gasteiger partial charge in [0.2, 0.25) is 0 Å². The zero-order chi connectivity index (χ0) is 9.68. The number of nitriles is 1. The first-order valence-electron chi connectivity index (χ1n) is 5.14. The number of carbonyl (C=O) groups excluding carboxylic acids is 1. The molecule has 0 aromatic carbocycles. The van der Waals surface area contributed by atoms with E-state index in [0.717, 1.165) is 6.42 Å². The summed E-state index contributed by atoms with van der Waals surface area (Å²) in [5.74, 6) is 0.318. The van der Waals surface area contributed by atoms with Crippen LogP contribution in [0.15, 0.2) is 0 Å². The van der Waals surface area contributed by atoms with Gasteiger partial charge in [0.25, 0.3) is 0 Å². The van der Waals surface area contributed by atoms with Gasteiger partial charge in [-0.15, -0.1) is 0 Å². The smallest absolute Gasteiger partial charge is 0.146 e. The average Bonchev–Trinajstić information content (AvgIpc) is 2.15. The Morgan fingerprint density at radius 3 is 2.54 bits per heavy atom. The van der Waals surface area contributed by atoms with Gasteiger partial charge in [0, 0.05) is 0 Å². The SMILES string of the molecule is CC(=O)C(C#N)CC1CCCCC1. The van der Waals surface area contributed by atoms with Crippen LogP contribution in [0.3, 0.4) is 0 Å². The van der Waals surface area contributed by atoms with Crippen LogP contribution in [0.5, 0.6) is 0 Å². The molecule has 1 fully saturated rings. The van der Waals surface area contributed by atoms with Gasteiger partial charge in [-0.1, -0.05) is 32.1 Å². The number of ketones is 1. The van der Waals surface area contributed by atoms with E-state index in [1.807, 2.05) is 0 Å². The molecule has 0 heterocycles. The van der Waals surface area contributed by atoms with Crippen LogP contribution in [0.25, 0.3) is 0 Å². The molecule has 1 atom stereocenters. The number of hydrogen-bond donors (Lipinski definition) is 0. The minimum atomic E-state index is -0.344. The van der Waals surface area contributed by atoms with Gasteiger partial charge in [0.1, 0.15) is 11.7 Å². The average molecular weight is 179 g/mol. The fraction of sp³-hybridized carbons (Fsp3) is 0.818. The standard InChI is InChI=1S/C11H17NO/c1-9(13)11(8-12)7-10-5-3-2-4-6-10/h10-11H,2-7H2,1H3. The molecular weight excluding hydrogens is 162 g/mol. The maximum Gasteiger partial charge on any atom is 0.146 e. The third-order valence-electron chi connectivity index (χ3n) is 2.94. The lowest BCUT2D eigenvalue weighted by molar-refractivity contribution is -0.119. The lowest BCUT2D eigenvalue weighted by Gasteiger charge is -2.22. The molecule has 72 valence electrons. The van der Waals surface area contributed by atoms with Crippen LogP contribution >= 0.6 is 0 Å². The number of hydrogen-bond acceptors (Lipinski definition) is 2. The molecule has 0 aromatic rings. The third kappa shape index (κ3) is 3.18. The van der Waals surface area contributed by atoms with Crippen molar-refractivity contribution in [3.05, 3.63) is 0 Å². The molecule has 0 bridgehead atoms. The van der Waals surface area contributed by atoms with Gasteiger partial charge in [0.15, 0.2) is 0 Å². The first-order valence-corrected chi connectivity index (χ1v) is 5.14. The molecule has 1 unspecified atom stereocenters. The Labute approximate surface area is 79.9 Å². The first-order chi connectivity index (χ1) is 6.24. The first kappa shape index (κ1) is 10.2. The fourth-order valence-electron chi connectivity index (χ4n) is 2.07. The van der Waals surface area contributed by atoms with Crippen molar-refractivity contribution in [2.45, 2.75) is 45.4 Å². The summed E-state index contributed by atoms with van der Waals surface area (Å²) in [6.45, 7) is 1.52. The van der Waals surface area contributed by atoms with Crippen LogP contribution in [0, 0.1) is 23.2 Å². The Hall–Kier alpha value is -0.840. The number of Topliss-reactive ketones (excluding diaryl/α,β-unsaturated/α-hetero) is 1. The predicted octanol–water partition coefficient (Wildman–Crippen LogP) is 2.69. The summed E-state index contributed by atoms with van der Waals surface area (Å²) in [5, 5.41) is 8.76. The highest BCUT2D eigenvalue weighted by Gasteiger charge is 2.21. The molecule has 1 aliphatic carbocycles. The van der Waals surface area contributed by atoms with E-state index < -0.39 is 0 Å². The van der Waals surface area contributed by atoms with Gasteiger partial charge in [-0.2, -0.15) is 5.26 Å². The van der Waals surface area contributed by atoms with Gasteiger partial charge in [-0.25, -0.2) is 0 Å². The van der Waals surface area contributed by atoms with Gasteiger partial charge in [-0.05, 0) is 19.3 Å². The van der Waals surface area contributed by atoms with Crippen LogP contribution in [0.4, 0.5) is 0 Å². The van der Waals surface area contributed by atoms with E-state index in [1.165, 1.54) is 39.0 Å². The molecule has 0 amide bonds. The minimum absolute atomic E-state index is 0.0353. The highest BCUT2D eigenvalue weighted by atomic mass is 16.1. The lowest BCUT2D eigenvalue weighted by Crippen LogP contribution is -2.16. The van der Waals surface area contributed by atoms with Crippen molar-refractivity contribution >= 4 is 5.78 Å². The van der Waals surface area contributed by atoms with E-state index >= 15 is 0 Å². The zero-order valence-electron chi connectivity index (χ0n) is 8.25. The van der Waals surface area contributed by atoms with Crippen molar-refractivity contribution in [2.75, 3.05) is 0 Å². The maximum atomic E-state index is 11.0. The Morgan fingerprint density at radius 2 is 2.08 bits per heavy atom. The Bertz CT molecular complexity index is 211. The highest BCUT2D eigenvalue weighted by molar-refractivity contribution is 5.80. The number of rotatable bonds is 3. The van der Waals surface area contributed by atoms with E-state index in [4.69, 9.17) is 5.26 Å². The molecule has 1 saturated carbocycles. The highest BCUT2D eigenvalue weighted by Crippen LogP contribution is 2.29. The van der Waals surface area contributed by atoms with Crippen molar-refractivity contribution in [3.63, 3.8) is 0 Å². The molecule has 0 spiro atoms. The molecule has 2 heteroatoms. The van der Waals surface area contributed by atoms with Crippen molar-refractivity contribution in [2.24, 2.45) is 11.8 Å². The second kappa shape index (κ2) is 5.01. The zero-order valence-corrected chi connectivity index (χ0v) is 8.25. The predicted molar refractivity (Wildman–Crippen MR) is 51.0 cm³/mol. The normalized spacial score (nSPS) is 20.6. The van der Waals surface area contributed by atoms with Crippen molar-refractivity contribution in [1.29, 1.82) is 5.26 Å². The summed E-state index contributed by atoms with van der Waals surface area (Å²) in [5.41, 5.74) is 0. The number of nitrogens with zero attached hydrogens (tertiary/aromatic N) is 1. The summed E-state index contributed by atoms with van der Waals surface area (Å²) in [6, 6.07) is 2.10. The van der Waals surface area contributed by atoms with Gasteiger partial charge >= 0.3 is 0 Å². The van der Waals surface area contributed by atoms with E-state index in [1.54, 1.807) is 0 Å². The van der Waals surface area contributed by atoms with Gasteiger partial charge in [0.05, 0.1) is 6.07 Å². The van der Waals surface area contributed by atoms with Crippen LogP contribution < -0.4 is 0 Å². The summed E-state index contributed by atoms with van der Waals surface area (Å²) in [4.78, 5) is 11.0. The molecule has 0 aliphatic heterocycles. The second-order valence-corrected chi connectivity index (χ2v) is 4.03. The summed E-state index contributed by atoms with van der Waals surface area (Å²) < 4.78 is 0. The Morgan fingerprint density at radius 1 is 1.46 bits per heavy atom. The minimum Gasteiger partial charge on any atom is -0.299 e. The molecule has 1 rings (SSSR count). The quantitative estimate of drug-likeness (QED) is 0.668. The van der Waals surface area contributed by atoms with E-state index in [2.05, 4.69) is 6.07 Å². The van der Waals surface area contributed by atoms with Crippen LogP contribution in [0.2, 0.25) is 0 Å². The van der Waals surface area contributed by atoms with Crippen LogP contribution in [-0.2, 0) is 4.79 Å². The molecule has 2 nitrogen and oxygen atoms in total. The van der Waals surface area contributed by atoms with Crippen molar-refractivity contribution in [3.8, 4) is 6.07 Å². The molecule has 0 radical (unpaired) electrons.